The molecule has 0 amide bonds. The van der Waals surface area contributed by atoms with Gasteiger partial charge in [0.05, 0.1) is 7.11 Å². The van der Waals surface area contributed by atoms with E-state index in [1.54, 1.807) is 12.3 Å². The minimum Gasteiger partial charge on any atom is -0.494 e. The third-order valence-corrected chi connectivity index (χ3v) is 4.11. The van der Waals surface area contributed by atoms with Crippen molar-refractivity contribution >= 4 is 5.82 Å². The Morgan fingerprint density at radius 2 is 2.30 bits per heavy atom. The fourth-order valence-electron chi connectivity index (χ4n) is 2.90. The summed E-state index contributed by atoms with van der Waals surface area (Å²) in [6.45, 7) is 2.52. The first-order valence-electron chi connectivity index (χ1n) is 7.84. The Kier molecular flexibility index (Phi) is 5.02. The summed E-state index contributed by atoms with van der Waals surface area (Å²) in [5.41, 5.74) is 0.917. The normalized spacial score (nSPS) is 18.0. The maximum atomic E-state index is 13.7. The third-order valence-electron chi connectivity index (χ3n) is 4.11. The van der Waals surface area contributed by atoms with Crippen molar-refractivity contribution in [3.05, 3.63) is 47.9 Å². The summed E-state index contributed by atoms with van der Waals surface area (Å²) < 4.78 is 18.7. The van der Waals surface area contributed by atoms with Crippen LogP contribution in [0.1, 0.15) is 18.4 Å². The molecule has 1 saturated heterocycles. The molecule has 1 aliphatic rings. The van der Waals surface area contributed by atoms with Gasteiger partial charge in [-0.3, -0.25) is 0 Å². The summed E-state index contributed by atoms with van der Waals surface area (Å²) in [4.78, 5) is 2.24. The lowest BCUT2D eigenvalue weighted by Crippen LogP contribution is -2.45. The average molecular weight is 316 g/mol. The van der Waals surface area contributed by atoms with Gasteiger partial charge in [-0.05, 0) is 42.7 Å². The van der Waals surface area contributed by atoms with Crippen molar-refractivity contribution in [2.75, 3.05) is 25.1 Å². The highest BCUT2D eigenvalue weighted by atomic mass is 19.1. The van der Waals surface area contributed by atoms with Gasteiger partial charge in [0.1, 0.15) is 0 Å². The Balaban J connectivity index is 1.57. The van der Waals surface area contributed by atoms with Crippen LogP contribution in [0.5, 0.6) is 5.75 Å². The number of nitrogens with zero attached hydrogens (tertiary/aromatic N) is 3. The zero-order valence-corrected chi connectivity index (χ0v) is 13.2. The number of benzene rings is 1. The fraction of sp³-hybridized carbons (Fsp3) is 0.412. The predicted molar refractivity (Wildman–Crippen MR) is 87.1 cm³/mol. The quantitative estimate of drug-likeness (QED) is 0.918. The van der Waals surface area contributed by atoms with Crippen molar-refractivity contribution < 1.29 is 9.13 Å². The second kappa shape index (κ2) is 7.37. The van der Waals surface area contributed by atoms with Crippen LogP contribution < -0.4 is 15.0 Å². The van der Waals surface area contributed by atoms with Crippen molar-refractivity contribution in [2.45, 2.75) is 25.4 Å². The van der Waals surface area contributed by atoms with Crippen LogP contribution in [0.25, 0.3) is 0 Å². The molecule has 0 unspecified atom stereocenters. The monoisotopic (exact) mass is 316 g/mol. The summed E-state index contributed by atoms with van der Waals surface area (Å²) >= 11 is 0. The topological polar surface area (TPSA) is 50.3 Å². The SMILES string of the molecule is COc1ccc(CN[C@@H]2CCCN(c3cccnn3)C2)cc1F. The van der Waals surface area contributed by atoms with Gasteiger partial charge in [-0.25, -0.2) is 4.39 Å². The summed E-state index contributed by atoms with van der Waals surface area (Å²) in [5, 5.41) is 11.6. The maximum Gasteiger partial charge on any atom is 0.165 e. The Labute approximate surface area is 135 Å². The lowest BCUT2D eigenvalue weighted by atomic mass is 10.1. The van der Waals surface area contributed by atoms with Crippen LogP contribution in [-0.2, 0) is 6.54 Å². The Bertz CT molecular complexity index is 638. The first-order valence-corrected chi connectivity index (χ1v) is 7.84. The van der Waals surface area contributed by atoms with Crippen molar-refractivity contribution in [3.63, 3.8) is 0 Å². The first kappa shape index (κ1) is 15.7. The molecule has 0 bridgehead atoms. The molecule has 1 N–H and O–H groups in total. The Hall–Kier alpha value is -2.21. The van der Waals surface area contributed by atoms with E-state index in [-0.39, 0.29) is 11.6 Å². The second-order valence-electron chi connectivity index (χ2n) is 5.72. The van der Waals surface area contributed by atoms with E-state index in [2.05, 4.69) is 20.4 Å². The molecule has 0 aliphatic carbocycles. The van der Waals surface area contributed by atoms with Crippen LogP contribution in [-0.4, -0.2) is 36.4 Å². The van der Waals surface area contributed by atoms with Gasteiger partial charge < -0.3 is 15.0 Å². The average Bonchev–Trinajstić information content (AvgIpc) is 2.61. The van der Waals surface area contributed by atoms with Crippen LogP contribution in [0, 0.1) is 5.82 Å². The molecule has 122 valence electrons. The molecule has 2 heterocycles. The van der Waals surface area contributed by atoms with Crippen molar-refractivity contribution in [3.8, 4) is 5.75 Å². The van der Waals surface area contributed by atoms with Crippen molar-refractivity contribution in [1.29, 1.82) is 0 Å². The molecule has 1 aromatic carbocycles. The van der Waals surface area contributed by atoms with Crippen molar-refractivity contribution in [2.24, 2.45) is 0 Å². The Morgan fingerprint density at radius 3 is 3.04 bits per heavy atom. The van der Waals surface area contributed by atoms with Crippen LogP contribution in [0.15, 0.2) is 36.5 Å². The molecular weight excluding hydrogens is 295 g/mol. The van der Waals surface area contributed by atoms with E-state index in [9.17, 15) is 4.39 Å². The summed E-state index contributed by atoms with van der Waals surface area (Å²) in [7, 11) is 1.47. The van der Waals surface area contributed by atoms with Gasteiger partial charge in [-0.2, -0.15) is 5.10 Å². The van der Waals surface area contributed by atoms with Gasteiger partial charge in [0, 0.05) is 31.9 Å². The van der Waals surface area contributed by atoms with E-state index in [0.717, 1.165) is 37.3 Å². The lowest BCUT2D eigenvalue weighted by molar-refractivity contribution is 0.385. The molecule has 5 nitrogen and oxygen atoms in total. The van der Waals surface area contributed by atoms with E-state index in [0.29, 0.717) is 12.6 Å². The molecule has 1 aromatic heterocycles. The number of rotatable bonds is 5. The van der Waals surface area contributed by atoms with Crippen LogP contribution in [0.2, 0.25) is 0 Å². The maximum absolute atomic E-state index is 13.7. The minimum absolute atomic E-state index is 0.278. The molecule has 1 aliphatic heterocycles. The number of anilines is 1. The predicted octanol–water partition coefficient (Wildman–Crippen LogP) is 2.38. The van der Waals surface area contributed by atoms with Gasteiger partial charge in [0.15, 0.2) is 17.4 Å². The molecule has 23 heavy (non-hydrogen) atoms. The van der Waals surface area contributed by atoms with E-state index >= 15 is 0 Å². The second-order valence-corrected chi connectivity index (χ2v) is 5.72. The number of hydrogen-bond donors (Lipinski definition) is 1. The van der Waals surface area contributed by atoms with E-state index in [4.69, 9.17) is 4.74 Å². The molecular formula is C17H21FN4O. The number of halogens is 1. The number of aromatic nitrogens is 2. The summed E-state index contributed by atoms with van der Waals surface area (Å²) in [5.74, 6) is 0.867. The van der Waals surface area contributed by atoms with E-state index < -0.39 is 0 Å². The molecule has 1 atom stereocenters. The highest BCUT2D eigenvalue weighted by Crippen LogP contribution is 2.19. The van der Waals surface area contributed by atoms with Gasteiger partial charge >= 0.3 is 0 Å². The van der Waals surface area contributed by atoms with E-state index in [1.165, 1.54) is 13.2 Å². The highest BCUT2D eigenvalue weighted by Gasteiger charge is 2.20. The molecule has 0 radical (unpaired) electrons. The molecule has 0 saturated carbocycles. The number of methoxy groups -OCH3 is 1. The fourth-order valence-corrected chi connectivity index (χ4v) is 2.90. The van der Waals surface area contributed by atoms with Crippen LogP contribution >= 0.6 is 0 Å². The first-order chi connectivity index (χ1) is 11.3. The van der Waals surface area contributed by atoms with Gasteiger partial charge in [-0.15, -0.1) is 5.10 Å². The minimum atomic E-state index is -0.323. The number of hydrogen-bond acceptors (Lipinski definition) is 5. The lowest BCUT2D eigenvalue weighted by Gasteiger charge is -2.33. The van der Waals surface area contributed by atoms with Gasteiger partial charge in [0.2, 0.25) is 0 Å². The molecule has 3 rings (SSSR count). The smallest absolute Gasteiger partial charge is 0.165 e. The largest absolute Gasteiger partial charge is 0.494 e. The standard InChI is InChI=1S/C17H21FN4O/c1-23-16-7-6-13(10-15(16)18)11-19-14-4-3-9-22(12-14)17-5-2-8-20-21-17/h2,5-8,10,14,19H,3-4,9,11-12H2,1H3/t14-/m1/s1. The number of nitrogens with one attached hydrogen (secondary N) is 1. The van der Waals surface area contributed by atoms with E-state index in [1.807, 2.05) is 18.2 Å². The zero-order valence-electron chi connectivity index (χ0n) is 13.2. The van der Waals surface area contributed by atoms with Gasteiger partial charge in [0.25, 0.3) is 0 Å². The summed E-state index contributed by atoms with van der Waals surface area (Å²) in [6, 6.07) is 9.32. The Morgan fingerprint density at radius 1 is 1.39 bits per heavy atom. The molecule has 6 heteroatoms. The van der Waals surface area contributed by atoms with Crippen molar-refractivity contribution in [1.82, 2.24) is 15.5 Å². The summed E-state index contributed by atoms with van der Waals surface area (Å²) in [6.07, 6.45) is 3.89. The zero-order chi connectivity index (χ0) is 16.1. The molecule has 0 spiro atoms. The number of piperidine rings is 1. The van der Waals surface area contributed by atoms with Crippen LogP contribution in [0.3, 0.4) is 0 Å². The molecule has 1 fully saturated rings. The van der Waals surface area contributed by atoms with Crippen LogP contribution in [0.4, 0.5) is 10.2 Å². The number of ether oxygens (including phenoxy) is 1. The highest BCUT2D eigenvalue weighted by molar-refractivity contribution is 5.37. The third kappa shape index (κ3) is 3.96. The molecule has 2 aromatic rings. The van der Waals surface area contributed by atoms with Gasteiger partial charge in [-0.1, -0.05) is 6.07 Å².